The van der Waals surface area contributed by atoms with Crippen molar-refractivity contribution in [3.05, 3.63) is 95.6 Å². The number of fused-ring (bicyclic) bond motifs is 1. The molecule has 178 valence electrons. The molecule has 1 amide bonds. The SMILES string of the molecule is COc1cc(OC)cc(C(=O)N/N=C\c2ccc(OCc3cccc4ccccc34)c(OC)c2)c1. The molecule has 4 rings (SSSR count). The lowest BCUT2D eigenvalue weighted by Gasteiger charge is -2.12. The fourth-order valence-corrected chi connectivity index (χ4v) is 3.63. The third-order valence-electron chi connectivity index (χ3n) is 5.44. The van der Waals surface area contributed by atoms with E-state index in [0.29, 0.717) is 35.2 Å². The molecule has 7 heteroatoms. The Morgan fingerprint density at radius 1 is 0.829 bits per heavy atom. The molecule has 4 aromatic rings. The van der Waals surface area contributed by atoms with Crippen LogP contribution in [0.3, 0.4) is 0 Å². The Bertz CT molecular complexity index is 1340. The van der Waals surface area contributed by atoms with Crippen LogP contribution in [0.1, 0.15) is 21.5 Å². The maximum atomic E-state index is 12.5. The summed E-state index contributed by atoms with van der Waals surface area (Å²) in [5.41, 5.74) is 4.71. The van der Waals surface area contributed by atoms with Crippen LogP contribution in [-0.2, 0) is 6.61 Å². The molecule has 0 fully saturated rings. The highest BCUT2D eigenvalue weighted by atomic mass is 16.5. The summed E-state index contributed by atoms with van der Waals surface area (Å²) in [6.45, 7) is 0.408. The Hall–Kier alpha value is -4.52. The Balaban J connectivity index is 1.43. The summed E-state index contributed by atoms with van der Waals surface area (Å²) >= 11 is 0. The Morgan fingerprint density at radius 3 is 2.31 bits per heavy atom. The van der Waals surface area contributed by atoms with Crippen molar-refractivity contribution in [2.45, 2.75) is 6.61 Å². The largest absolute Gasteiger partial charge is 0.497 e. The van der Waals surface area contributed by atoms with Crippen LogP contribution < -0.4 is 24.4 Å². The van der Waals surface area contributed by atoms with E-state index in [0.717, 1.165) is 16.5 Å². The number of hydrogen-bond donors (Lipinski definition) is 1. The number of nitrogens with zero attached hydrogens (tertiary/aromatic N) is 1. The third kappa shape index (κ3) is 5.70. The van der Waals surface area contributed by atoms with Gasteiger partial charge in [0.2, 0.25) is 0 Å². The van der Waals surface area contributed by atoms with Gasteiger partial charge in [0.25, 0.3) is 5.91 Å². The fourth-order valence-electron chi connectivity index (χ4n) is 3.63. The lowest BCUT2D eigenvalue weighted by molar-refractivity contribution is 0.0954. The molecule has 35 heavy (non-hydrogen) atoms. The van der Waals surface area contributed by atoms with Crippen molar-refractivity contribution in [3.8, 4) is 23.0 Å². The molecule has 0 heterocycles. The maximum absolute atomic E-state index is 12.5. The molecule has 7 nitrogen and oxygen atoms in total. The summed E-state index contributed by atoms with van der Waals surface area (Å²) in [6, 6.07) is 24.7. The number of hydrogen-bond acceptors (Lipinski definition) is 6. The number of ether oxygens (including phenoxy) is 4. The molecule has 0 saturated carbocycles. The van der Waals surface area contributed by atoms with Crippen LogP contribution in [0.4, 0.5) is 0 Å². The van der Waals surface area contributed by atoms with Crippen LogP contribution in [0.25, 0.3) is 10.8 Å². The van der Waals surface area contributed by atoms with Gasteiger partial charge in [0.15, 0.2) is 11.5 Å². The normalized spacial score (nSPS) is 10.8. The van der Waals surface area contributed by atoms with E-state index in [2.05, 4.69) is 34.8 Å². The summed E-state index contributed by atoms with van der Waals surface area (Å²) in [7, 11) is 4.63. The highest BCUT2D eigenvalue weighted by Gasteiger charge is 2.10. The Morgan fingerprint density at radius 2 is 1.57 bits per heavy atom. The predicted molar refractivity (Wildman–Crippen MR) is 136 cm³/mol. The zero-order valence-electron chi connectivity index (χ0n) is 19.8. The molecule has 1 N–H and O–H groups in total. The van der Waals surface area contributed by atoms with Crippen LogP contribution in [0, 0.1) is 0 Å². The summed E-state index contributed by atoms with van der Waals surface area (Å²) in [5.74, 6) is 1.83. The number of carbonyl (C=O) groups is 1. The zero-order valence-corrected chi connectivity index (χ0v) is 19.8. The van der Waals surface area contributed by atoms with Gasteiger partial charge in [-0.15, -0.1) is 0 Å². The molecule has 0 aliphatic carbocycles. The highest BCUT2D eigenvalue weighted by Crippen LogP contribution is 2.29. The van der Waals surface area contributed by atoms with E-state index in [9.17, 15) is 4.79 Å². The number of benzene rings is 4. The first-order valence-electron chi connectivity index (χ1n) is 10.9. The predicted octanol–water partition coefficient (Wildman–Crippen LogP) is 5.21. The number of amides is 1. The second-order valence-corrected chi connectivity index (χ2v) is 7.64. The molecule has 0 bridgehead atoms. The van der Waals surface area contributed by atoms with Crippen LogP contribution >= 0.6 is 0 Å². The van der Waals surface area contributed by atoms with Gasteiger partial charge < -0.3 is 18.9 Å². The standard InChI is InChI=1S/C28H26N2O5/c1-32-23-14-22(15-24(16-23)33-2)28(31)30-29-17-19-11-12-26(27(13-19)34-3)35-18-21-9-6-8-20-7-4-5-10-25(20)21/h4-17H,18H2,1-3H3,(H,30,31)/b29-17-. The van der Waals surface area contributed by atoms with E-state index >= 15 is 0 Å². The van der Waals surface area contributed by atoms with Gasteiger partial charge in [0, 0.05) is 11.6 Å². The van der Waals surface area contributed by atoms with Gasteiger partial charge in [-0.25, -0.2) is 5.43 Å². The molecule has 0 radical (unpaired) electrons. The molecule has 0 saturated heterocycles. The first-order valence-corrected chi connectivity index (χ1v) is 10.9. The Kier molecular flexibility index (Phi) is 7.47. The Labute approximate surface area is 203 Å². The van der Waals surface area contributed by atoms with Crippen molar-refractivity contribution < 1.29 is 23.7 Å². The lowest BCUT2D eigenvalue weighted by atomic mass is 10.1. The van der Waals surface area contributed by atoms with E-state index in [4.69, 9.17) is 18.9 Å². The molecular formula is C28H26N2O5. The molecule has 4 aromatic carbocycles. The molecular weight excluding hydrogens is 444 g/mol. The molecule has 0 aliphatic heterocycles. The smallest absolute Gasteiger partial charge is 0.271 e. The van der Waals surface area contributed by atoms with Crippen molar-refractivity contribution in [3.63, 3.8) is 0 Å². The second kappa shape index (κ2) is 11.1. The van der Waals surface area contributed by atoms with E-state index in [1.54, 1.807) is 31.4 Å². The second-order valence-electron chi connectivity index (χ2n) is 7.64. The number of rotatable bonds is 9. The van der Waals surface area contributed by atoms with Gasteiger partial charge in [-0.05, 0) is 52.2 Å². The van der Waals surface area contributed by atoms with Gasteiger partial charge in [-0.2, -0.15) is 5.10 Å². The average Bonchev–Trinajstić information content (AvgIpc) is 2.91. The maximum Gasteiger partial charge on any atom is 0.271 e. The molecule has 0 unspecified atom stereocenters. The van der Waals surface area contributed by atoms with Crippen LogP contribution in [0.2, 0.25) is 0 Å². The minimum atomic E-state index is -0.388. The van der Waals surface area contributed by atoms with Crippen LogP contribution in [0.5, 0.6) is 23.0 Å². The number of hydrazone groups is 1. The van der Waals surface area contributed by atoms with E-state index < -0.39 is 0 Å². The first-order chi connectivity index (χ1) is 17.1. The van der Waals surface area contributed by atoms with Crippen molar-refractivity contribution in [1.29, 1.82) is 0 Å². The van der Waals surface area contributed by atoms with E-state index in [1.165, 1.54) is 25.8 Å². The summed E-state index contributed by atoms with van der Waals surface area (Å²) in [4.78, 5) is 12.5. The van der Waals surface area contributed by atoms with Crippen LogP contribution in [0.15, 0.2) is 84.0 Å². The van der Waals surface area contributed by atoms with E-state index in [1.807, 2.05) is 30.3 Å². The quantitative estimate of drug-likeness (QED) is 0.268. The summed E-state index contributed by atoms with van der Waals surface area (Å²) in [6.07, 6.45) is 1.53. The molecule has 0 atom stereocenters. The topological polar surface area (TPSA) is 78.4 Å². The van der Waals surface area contributed by atoms with Gasteiger partial charge in [0.1, 0.15) is 18.1 Å². The van der Waals surface area contributed by atoms with Crippen molar-refractivity contribution in [2.24, 2.45) is 5.10 Å². The van der Waals surface area contributed by atoms with Crippen LogP contribution in [-0.4, -0.2) is 33.5 Å². The number of methoxy groups -OCH3 is 3. The average molecular weight is 471 g/mol. The van der Waals surface area contributed by atoms with Gasteiger partial charge >= 0.3 is 0 Å². The third-order valence-corrected chi connectivity index (χ3v) is 5.44. The monoisotopic (exact) mass is 470 g/mol. The fraction of sp³-hybridized carbons (Fsp3) is 0.143. The number of nitrogens with one attached hydrogen (secondary N) is 1. The lowest BCUT2D eigenvalue weighted by Crippen LogP contribution is -2.17. The zero-order chi connectivity index (χ0) is 24.6. The summed E-state index contributed by atoms with van der Waals surface area (Å²) < 4.78 is 22.0. The van der Waals surface area contributed by atoms with Crippen molar-refractivity contribution in [1.82, 2.24) is 5.43 Å². The first kappa shape index (κ1) is 23.6. The van der Waals surface area contributed by atoms with Gasteiger partial charge in [-0.1, -0.05) is 42.5 Å². The minimum Gasteiger partial charge on any atom is -0.497 e. The highest BCUT2D eigenvalue weighted by molar-refractivity contribution is 5.95. The van der Waals surface area contributed by atoms with Crippen molar-refractivity contribution in [2.75, 3.05) is 21.3 Å². The van der Waals surface area contributed by atoms with Crippen molar-refractivity contribution >= 4 is 22.9 Å². The van der Waals surface area contributed by atoms with Gasteiger partial charge in [-0.3, -0.25) is 4.79 Å². The number of carbonyl (C=O) groups excluding carboxylic acids is 1. The van der Waals surface area contributed by atoms with Gasteiger partial charge in [0.05, 0.1) is 27.5 Å². The molecule has 0 spiro atoms. The molecule has 0 aromatic heterocycles. The summed E-state index contributed by atoms with van der Waals surface area (Å²) in [5, 5.41) is 6.38. The van der Waals surface area contributed by atoms with E-state index in [-0.39, 0.29) is 5.91 Å². The minimum absolute atomic E-state index is 0.369. The molecule has 0 aliphatic rings.